The fourth-order valence-corrected chi connectivity index (χ4v) is 3.35. The predicted molar refractivity (Wildman–Crippen MR) is 89.3 cm³/mol. The van der Waals surface area contributed by atoms with Crippen LogP contribution < -0.4 is 4.72 Å². The third-order valence-electron chi connectivity index (χ3n) is 3.52. The zero-order chi connectivity index (χ0) is 15.3. The van der Waals surface area contributed by atoms with Gasteiger partial charge in [0.2, 0.25) is 0 Å². The summed E-state index contributed by atoms with van der Waals surface area (Å²) in [7, 11) is -1.26. The Morgan fingerprint density at radius 2 is 1.76 bits per heavy atom. The van der Waals surface area contributed by atoms with Gasteiger partial charge in [0.05, 0.1) is 10.4 Å². The summed E-state index contributed by atoms with van der Waals surface area (Å²) in [5, 5.41) is 0. The number of hydrogen-bond donors (Lipinski definition) is 1. The van der Waals surface area contributed by atoms with E-state index in [4.69, 9.17) is 0 Å². The predicted octanol–water partition coefficient (Wildman–Crippen LogP) is 4.10. The number of benzene rings is 2. The van der Waals surface area contributed by atoms with Gasteiger partial charge in [-0.05, 0) is 38.0 Å². The van der Waals surface area contributed by atoms with Crippen LogP contribution in [-0.4, -0.2) is 4.21 Å². The Balaban J connectivity index is 2.25. The molecule has 110 valence electrons. The van der Waals surface area contributed by atoms with Gasteiger partial charge in [0, 0.05) is 0 Å². The van der Waals surface area contributed by atoms with E-state index in [0.717, 1.165) is 16.0 Å². The maximum atomic E-state index is 12.6. The first-order chi connectivity index (χ1) is 10.0. The van der Waals surface area contributed by atoms with Crippen LogP contribution in [-0.2, 0) is 16.5 Å². The second-order valence-electron chi connectivity index (χ2n) is 5.37. The van der Waals surface area contributed by atoms with E-state index < -0.39 is 16.5 Å². The largest absolute Gasteiger partial charge is 0.237 e. The van der Waals surface area contributed by atoms with Crippen molar-refractivity contribution in [1.29, 1.82) is 0 Å². The Morgan fingerprint density at radius 3 is 2.33 bits per heavy atom. The van der Waals surface area contributed by atoms with Crippen molar-refractivity contribution in [3.8, 4) is 0 Å². The molecule has 2 atom stereocenters. The molecule has 1 N–H and O–H groups in total. The molecule has 0 aliphatic heterocycles. The fourth-order valence-electron chi connectivity index (χ4n) is 2.24. The second-order valence-corrected chi connectivity index (χ2v) is 6.59. The number of rotatable bonds is 6. The van der Waals surface area contributed by atoms with E-state index in [1.165, 1.54) is 0 Å². The van der Waals surface area contributed by atoms with Gasteiger partial charge < -0.3 is 0 Å². The van der Waals surface area contributed by atoms with Crippen LogP contribution in [0.1, 0.15) is 24.5 Å². The third-order valence-corrected chi connectivity index (χ3v) is 4.85. The molecule has 3 heteroatoms. The smallest absolute Gasteiger partial charge is 0.125 e. The van der Waals surface area contributed by atoms with E-state index in [1.54, 1.807) is 0 Å². The lowest BCUT2D eigenvalue weighted by Gasteiger charge is -2.29. The summed E-state index contributed by atoms with van der Waals surface area (Å²) >= 11 is 0. The Morgan fingerprint density at radius 1 is 1.14 bits per heavy atom. The zero-order valence-corrected chi connectivity index (χ0v) is 13.3. The first-order valence-electron chi connectivity index (χ1n) is 6.98. The van der Waals surface area contributed by atoms with Gasteiger partial charge in [-0.15, -0.1) is 6.58 Å². The minimum Gasteiger partial charge on any atom is -0.237 e. The lowest BCUT2D eigenvalue weighted by atomic mass is 9.90. The number of aryl methyl sites for hydroxylation is 1. The molecule has 0 bridgehead atoms. The lowest BCUT2D eigenvalue weighted by molar-refractivity contribution is 0.452. The highest BCUT2D eigenvalue weighted by Gasteiger charge is 2.27. The maximum Gasteiger partial charge on any atom is 0.125 e. The van der Waals surface area contributed by atoms with Crippen LogP contribution in [0.25, 0.3) is 0 Å². The molecular weight excluding hydrogens is 278 g/mol. The molecule has 0 saturated heterocycles. The van der Waals surface area contributed by atoms with Crippen molar-refractivity contribution in [1.82, 2.24) is 4.72 Å². The van der Waals surface area contributed by atoms with Crippen molar-refractivity contribution < 1.29 is 4.21 Å². The molecule has 0 spiro atoms. The second kappa shape index (κ2) is 6.83. The van der Waals surface area contributed by atoms with Gasteiger partial charge in [-0.25, -0.2) is 8.93 Å². The molecule has 2 rings (SSSR count). The summed E-state index contributed by atoms with van der Waals surface area (Å²) in [6.07, 6.45) is 2.56. The van der Waals surface area contributed by atoms with E-state index in [0.29, 0.717) is 6.42 Å². The molecule has 0 aliphatic carbocycles. The van der Waals surface area contributed by atoms with Crippen molar-refractivity contribution in [2.75, 3.05) is 0 Å². The highest BCUT2D eigenvalue weighted by molar-refractivity contribution is 7.83. The fraction of sp³-hybridized carbons (Fsp3) is 0.222. The Kier molecular flexibility index (Phi) is 5.10. The SMILES string of the molecule is C=CC[C@](C)(N[S@@](=O)c1ccc(C)cc1)c1ccccc1. The van der Waals surface area contributed by atoms with Gasteiger partial charge >= 0.3 is 0 Å². The molecule has 0 saturated carbocycles. The summed E-state index contributed by atoms with van der Waals surface area (Å²) in [6, 6.07) is 17.8. The van der Waals surface area contributed by atoms with E-state index >= 15 is 0 Å². The van der Waals surface area contributed by atoms with Crippen molar-refractivity contribution in [2.24, 2.45) is 0 Å². The molecule has 2 nitrogen and oxygen atoms in total. The van der Waals surface area contributed by atoms with Crippen LogP contribution in [0.5, 0.6) is 0 Å². The first kappa shape index (κ1) is 15.7. The molecule has 21 heavy (non-hydrogen) atoms. The minimum absolute atomic E-state index is 0.404. The monoisotopic (exact) mass is 299 g/mol. The summed E-state index contributed by atoms with van der Waals surface area (Å²) in [4.78, 5) is 0.784. The molecule has 0 unspecified atom stereocenters. The van der Waals surface area contributed by atoms with Gasteiger partial charge in [0.15, 0.2) is 0 Å². The van der Waals surface area contributed by atoms with Crippen molar-refractivity contribution in [3.05, 3.63) is 78.4 Å². The lowest BCUT2D eigenvalue weighted by Crippen LogP contribution is -2.40. The first-order valence-corrected chi connectivity index (χ1v) is 8.13. The topological polar surface area (TPSA) is 29.1 Å². The molecule has 0 aliphatic rings. The number of hydrogen-bond acceptors (Lipinski definition) is 1. The van der Waals surface area contributed by atoms with Gasteiger partial charge in [0.25, 0.3) is 0 Å². The summed E-state index contributed by atoms with van der Waals surface area (Å²) in [5.74, 6) is 0. The van der Waals surface area contributed by atoms with E-state index in [1.807, 2.05) is 67.6 Å². The molecule has 0 radical (unpaired) electrons. The van der Waals surface area contributed by atoms with Crippen LogP contribution >= 0.6 is 0 Å². The van der Waals surface area contributed by atoms with Crippen LogP contribution in [0, 0.1) is 6.92 Å². The van der Waals surface area contributed by atoms with Crippen LogP contribution in [0.3, 0.4) is 0 Å². The van der Waals surface area contributed by atoms with Crippen molar-refractivity contribution in [3.63, 3.8) is 0 Å². The Labute approximate surface area is 129 Å². The third kappa shape index (κ3) is 3.90. The van der Waals surface area contributed by atoms with Gasteiger partial charge in [0.1, 0.15) is 11.0 Å². The van der Waals surface area contributed by atoms with Gasteiger partial charge in [-0.2, -0.15) is 0 Å². The molecule has 2 aromatic rings. The zero-order valence-electron chi connectivity index (χ0n) is 12.5. The molecular formula is C18H21NOS. The summed E-state index contributed by atoms with van der Waals surface area (Å²) in [6.45, 7) is 7.90. The Bertz CT molecular complexity index is 621. The van der Waals surface area contributed by atoms with Crippen molar-refractivity contribution >= 4 is 11.0 Å². The van der Waals surface area contributed by atoms with Crippen LogP contribution in [0.2, 0.25) is 0 Å². The minimum atomic E-state index is -1.26. The molecule has 0 heterocycles. The van der Waals surface area contributed by atoms with E-state index in [2.05, 4.69) is 18.2 Å². The van der Waals surface area contributed by atoms with Gasteiger partial charge in [-0.1, -0.05) is 54.1 Å². The highest BCUT2D eigenvalue weighted by atomic mass is 32.2. The quantitative estimate of drug-likeness (QED) is 0.799. The van der Waals surface area contributed by atoms with Crippen molar-refractivity contribution in [2.45, 2.75) is 30.7 Å². The van der Waals surface area contributed by atoms with Gasteiger partial charge in [-0.3, -0.25) is 0 Å². The molecule has 0 amide bonds. The standard InChI is InChI=1S/C18H21NOS/c1-4-14-18(3,16-8-6-5-7-9-16)19-21(20)17-12-10-15(2)11-13-17/h4-13,19H,1,14H2,2-3H3/t18-,21-/m0/s1. The molecule has 2 aromatic carbocycles. The molecule has 0 aromatic heterocycles. The van der Waals surface area contributed by atoms with E-state index in [-0.39, 0.29) is 0 Å². The number of nitrogens with one attached hydrogen (secondary N) is 1. The average molecular weight is 299 g/mol. The highest BCUT2D eigenvalue weighted by Crippen LogP contribution is 2.26. The Hall–Kier alpha value is -1.71. The normalized spacial score (nSPS) is 15.1. The van der Waals surface area contributed by atoms with E-state index in [9.17, 15) is 4.21 Å². The van der Waals surface area contributed by atoms with Crippen LogP contribution in [0.15, 0.2) is 72.1 Å². The maximum absolute atomic E-state index is 12.6. The molecule has 0 fully saturated rings. The van der Waals surface area contributed by atoms with Crippen LogP contribution in [0.4, 0.5) is 0 Å². The average Bonchev–Trinajstić information content (AvgIpc) is 2.49. The summed E-state index contributed by atoms with van der Waals surface area (Å²) < 4.78 is 15.8. The summed E-state index contributed by atoms with van der Waals surface area (Å²) in [5.41, 5.74) is 1.86.